The van der Waals surface area contributed by atoms with Crippen LogP contribution < -0.4 is 0 Å². The molecule has 1 aliphatic heterocycles. The Kier molecular flexibility index (Phi) is 6.49. The summed E-state index contributed by atoms with van der Waals surface area (Å²) in [6.07, 6.45) is 0.623. The van der Waals surface area contributed by atoms with Gasteiger partial charge in [-0.1, -0.05) is 51.4 Å². The molecule has 0 spiro atoms. The predicted molar refractivity (Wildman–Crippen MR) is 94.5 cm³/mol. The van der Waals surface area contributed by atoms with Crippen molar-refractivity contribution in [3.8, 4) is 0 Å². The van der Waals surface area contributed by atoms with Crippen molar-refractivity contribution in [3.05, 3.63) is 34.9 Å². The lowest BCUT2D eigenvalue weighted by Crippen LogP contribution is -2.36. The van der Waals surface area contributed by atoms with Crippen molar-refractivity contribution in [2.75, 3.05) is 19.6 Å². The monoisotopic (exact) mass is 337 g/mol. The van der Waals surface area contributed by atoms with Crippen LogP contribution in [0.3, 0.4) is 0 Å². The molecule has 0 aliphatic carbocycles. The van der Waals surface area contributed by atoms with Gasteiger partial charge in [-0.15, -0.1) is 0 Å². The van der Waals surface area contributed by atoms with Gasteiger partial charge in [0.1, 0.15) is 6.10 Å². The van der Waals surface area contributed by atoms with Crippen LogP contribution in [0.25, 0.3) is 0 Å². The van der Waals surface area contributed by atoms with Crippen LogP contribution >= 0.6 is 11.6 Å². The summed E-state index contributed by atoms with van der Waals surface area (Å²) in [5.41, 5.74) is 1.03. The molecule has 1 fully saturated rings. The maximum Gasteiger partial charge on any atom is 0.311 e. The third-order valence-corrected chi connectivity index (χ3v) is 4.31. The Labute approximate surface area is 145 Å². The SMILES string of the molecule is CC(C)CN(CC(C)C)CC1CC(c2ccc(Cl)cc2)OC1=O. The van der Waals surface area contributed by atoms with Crippen molar-refractivity contribution < 1.29 is 9.53 Å². The molecule has 0 N–H and O–H groups in total. The molecule has 4 heteroatoms. The summed E-state index contributed by atoms with van der Waals surface area (Å²) in [7, 11) is 0. The number of halogens is 1. The normalized spacial score (nSPS) is 21.5. The lowest BCUT2D eigenvalue weighted by Gasteiger charge is -2.27. The second-order valence-electron chi connectivity index (χ2n) is 7.42. The van der Waals surface area contributed by atoms with Crippen LogP contribution in [-0.2, 0) is 9.53 Å². The fourth-order valence-corrected chi connectivity index (χ4v) is 3.36. The van der Waals surface area contributed by atoms with Crippen LogP contribution in [0.4, 0.5) is 0 Å². The van der Waals surface area contributed by atoms with E-state index < -0.39 is 0 Å². The summed E-state index contributed by atoms with van der Waals surface area (Å²) >= 11 is 5.93. The topological polar surface area (TPSA) is 29.5 Å². The second-order valence-corrected chi connectivity index (χ2v) is 7.85. The van der Waals surface area contributed by atoms with E-state index in [2.05, 4.69) is 32.6 Å². The van der Waals surface area contributed by atoms with E-state index in [1.165, 1.54) is 0 Å². The molecule has 1 aromatic rings. The molecule has 2 unspecified atom stereocenters. The Hall–Kier alpha value is -1.06. The predicted octanol–water partition coefficient (Wildman–Crippen LogP) is 4.56. The first-order valence-electron chi connectivity index (χ1n) is 8.53. The molecule has 1 saturated heterocycles. The molecule has 0 saturated carbocycles. The zero-order chi connectivity index (χ0) is 17.0. The Morgan fingerprint density at radius 1 is 1.13 bits per heavy atom. The minimum atomic E-state index is -0.135. The van der Waals surface area contributed by atoms with Crippen LogP contribution in [0.5, 0.6) is 0 Å². The van der Waals surface area contributed by atoms with Gasteiger partial charge in [0.05, 0.1) is 5.92 Å². The maximum absolute atomic E-state index is 12.3. The number of esters is 1. The van der Waals surface area contributed by atoms with Crippen LogP contribution in [0, 0.1) is 17.8 Å². The number of carbonyl (C=O) groups is 1. The molecule has 1 aromatic carbocycles. The largest absolute Gasteiger partial charge is 0.457 e. The maximum atomic E-state index is 12.3. The van der Waals surface area contributed by atoms with Gasteiger partial charge in [0.2, 0.25) is 0 Å². The average molecular weight is 338 g/mol. The van der Waals surface area contributed by atoms with Crippen molar-refractivity contribution in [1.29, 1.82) is 0 Å². The molecule has 0 amide bonds. The highest BCUT2D eigenvalue weighted by Gasteiger charge is 2.36. The summed E-state index contributed by atoms with van der Waals surface area (Å²) in [4.78, 5) is 14.7. The molecule has 0 radical (unpaired) electrons. The van der Waals surface area contributed by atoms with Crippen LogP contribution in [0.1, 0.15) is 45.8 Å². The quantitative estimate of drug-likeness (QED) is 0.683. The number of carbonyl (C=O) groups excluding carboxylic acids is 1. The Morgan fingerprint density at radius 3 is 2.22 bits per heavy atom. The highest BCUT2D eigenvalue weighted by atomic mass is 35.5. The third-order valence-electron chi connectivity index (χ3n) is 4.06. The van der Waals surface area contributed by atoms with Crippen molar-refractivity contribution >= 4 is 17.6 Å². The van der Waals surface area contributed by atoms with E-state index in [-0.39, 0.29) is 18.0 Å². The summed E-state index contributed by atoms with van der Waals surface area (Å²) in [5, 5.41) is 0.703. The van der Waals surface area contributed by atoms with Crippen molar-refractivity contribution in [3.63, 3.8) is 0 Å². The lowest BCUT2D eigenvalue weighted by atomic mass is 9.99. The van der Waals surface area contributed by atoms with E-state index in [1.807, 2.05) is 24.3 Å². The number of ether oxygens (including phenoxy) is 1. The van der Waals surface area contributed by atoms with E-state index in [4.69, 9.17) is 16.3 Å². The van der Waals surface area contributed by atoms with E-state index in [0.29, 0.717) is 16.9 Å². The summed E-state index contributed by atoms with van der Waals surface area (Å²) in [6, 6.07) is 7.59. The van der Waals surface area contributed by atoms with E-state index in [0.717, 1.165) is 31.6 Å². The molecule has 2 rings (SSSR count). The molecule has 1 heterocycles. The first-order valence-corrected chi connectivity index (χ1v) is 8.91. The molecule has 2 atom stereocenters. The van der Waals surface area contributed by atoms with Crippen LogP contribution in [0.2, 0.25) is 5.02 Å². The standard InChI is InChI=1S/C19H28ClNO2/c1-13(2)10-21(11-14(3)4)12-16-9-18(23-19(16)22)15-5-7-17(20)8-6-15/h5-8,13-14,16,18H,9-12H2,1-4H3. The minimum absolute atomic E-state index is 0.0341. The second kappa shape index (κ2) is 8.16. The van der Waals surface area contributed by atoms with Gasteiger partial charge < -0.3 is 9.64 Å². The van der Waals surface area contributed by atoms with E-state index in [9.17, 15) is 4.79 Å². The van der Waals surface area contributed by atoms with Gasteiger partial charge in [-0.05, 0) is 29.5 Å². The first-order chi connectivity index (χ1) is 10.8. The number of hydrogen-bond donors (Lipinski definition) is 0. The Balaban J connectivity index is 1.99. The zero-order valence-corrected chi connectivity index (χ0v) is 15.3. The Bertz CT molecular complexity index is 503. The number of benzene rings is 1. The van der Waals surface area contributed by atoms with Gasteiger partial charge >= 0.3 is 5.97 Å². The molecule has 128 valence electrons. The average Bonchev–Trinajstić information content (AvgIpc) is 2.79. The molecular weight excluding hydrogens is 310 g/mol. The lowest BCUT2D eigenvalue weighted by molar-refractivity contribution is -0.145. The van der Waals surface area contributed by atoms with Gasteiger partial charge in [0, 0.05) is 31.1 Å². The van der Waals surface area contributed by atoms with Crippen molar-refractivity contribution in [2.24, 2.45) is 17.8 Å². The minimum Gasteiger partial charge on any atom is -0.457 e. The number of nitrogens with zero attached hydrogens (tertiary/aromatic N) is 1. The highest BCUT2D eigenvalue weighted by molar-refractivity contribution is 6.30. The molecule has 0 aromatic heterocycles. The number of cyclic esters (lactones) is 1. The van der Waals surface area contributed by atoms with Crippen molar-refractivity contribution in [1.82, 2.24) is 4.90 Å². The number of rotatable bonds is 7. The third kappa shape index (κ3) is 5.50. The summed E-state index contributed by atoms with van der Waals surface area (Å²) < 4.78 is 5.60. The van der Waals surface area contributed by atoms with E-state index >= 15 is 0 Å². The van der Waals surface area contributed by atoms with Gasteiger partial charge in [-0.2, -0.15) is 0 Å². The molecular formula is C19H28ClNO2. The molecule has 1 aliphatic rings. The Morgan fingerprint density at radius 2 is 1.70 bits per heavy atom. The fraction of sp³-hybridized carbons (Fsp3) is 0.632. The smallest absolute Gasteiger partial charge is 0.311 e. The highest BCUT2D eigenvalue weighted by Crippen LogP contribution is 2.34. The van der Waals surface area contributed by atoms with Gasteiger partial charge in [0.15, 0.2) is 0 Å². The molecule has 0 bridgehead atoms. The summed E-state index contributed by atoms with van der Waals surface area (Å²) in [5.74, 6) is 1.09. The first kappa shape index (κ1) is 18.3. The number of hydrogen-bond acceptors (Lipinski definition) is 3. The zero-order valence-electron chi connectivity index (χ0n) is 14.6. The summed E-state index contributed by atoms with van der Waals surface area (Å²) in [6.45, 7) is 11.7. The van der Waals surface area contributed by atoms with Gasteiger partial charge in [-0.25, -0.2) is 0 Å². The molecule has 3 nitrogen and oxygen atoms in total. The van der Waals surface area contributed by atoms with Crippen LogP contribution in [0.15, 0.2) is 24.3 Å². The van der Waals surface area contributed by atoms with E-state index in [1.54, 1.807) is 0 Å². The van der Waals surface area contributed by atoms with Gasteiger partial charge in [-0.3, -0.25) is 4.79 Å². The van der Waals surface area contributed by atoms with Crippen molar-refractivity contribution in [2.45, 2.75) is 40.2 Å². The van der Waals surface area contributed by atoms with Crippen LogP contribution in [-0.4, -0.2) is 30.5 Å². The van der Waals surface area contributed by atoms with Gasteiger partial charge in [0.25, 0.3) is 0 Å². The molecule has 23 heavy (non-hydrogen) atoms. The fourth-order valence-electron chi connectivity index (χ4n) is 3.24.